The zero-order valence-electron chi connectivity index (χ0n) is 14.2. The van der Waals surface area contributed by atoms with Crippen molar-refractivity contribution in [2.45, 2.75) is 25.4 Å². The molecule has 0 aromatic carbocycles. The lowest BCUT2D eigenvalue weighted by molar-refractivity contribution is -0.136. The van der Waals surface area contributed by atoms with Gasteiger partial charge in [0, 0.05) is 32.4 Å². The van der Waals surface area contributed by atoms with Crippen molar-refractivity contribution in [3.8, 4) is 0 Å². The predicted molar refractivity (Wildman–Crippen MR) is 93.9 cm³/mol. The number of likely N-dealkylation sites (tertiary alicyclic amines) is 1. The van der Waals surface area contributed by atoms with Gasteiger partial charge in [-0.05, 0) is 31.7 Å². The molecule has 24 heavy (non-hydrogen) atoms. The lowest BCUT2D eigenvalue weighted by Gasteiger charge is -2.23. The molecule has 1 aromatic heterocycles. The van der Waals surface area contributed by atoms with Gasteiger partial charge in [-0.25, -0.2) is 0 Å². The summed E-state index contributed by atoms with van der Waals surface area (Å²) in [5.41, 5.74) is 0.554. The Labute approximate surface area is 146 Å². The highest BCUT2D eigenvalue weighted by Crippen LogP contribution is 2.20. The SMILES string of the molecule is CCNC(=O)[C@@H]1C[C@H](NC(=O)c2cccn2C)CN1C(=O)CSC. The van der Waals surface area contributed by atoms with E-state index in [-0.39, 0.29) is 23.8 Å². The second kappa shape index (κ2) is 8.23. The van der Waals surface area contributed by atoms with E-state index in [1.165, 1.54) is 11.8 Å². The highest BCUT2D eigenvalue weighted by Gasteiger charge is 2.39. The van der Waals surface area contributed by atoms with Crippen molar-refractivity contribution in [3.05, 3.63) is 24.0 Å². The van der Waals surface area contributed by atoms with Gasteiger partial charge in [-0.2, -0.15) is 11.8 Å². The van der Waals surface area contributed by atoms with Crippen molar-refractivity contribution in [2.75, 3.05) is 25.1 Å². The van der Waals surface area contributed by atoms with Crippen molar-refractivity contribution >= 4 is 29.5 Å². The maximum atomic E-state index is 12.3. The molecule has 0 spiro atoms. The van der Waals surface area contributed by atoms with Gasteiger partial charge in [0.15, 0.2) is 0 Å². The van der Waals surface area contributed by atoms with Gasteiger partial charge in [0.25, 0.3) is 5.91 Å². The number of aromatic nitrogens is 1. The summed E-state index contributed by atoms with van der Waals surface area (Å²) in [6.45, 7) is 2.72. The van der Waals surface area contributed by atoms with E-state index in [1.807, 2.05) is 13.2 Å². The Kier molecular flexibility index (Phi) is 6.30. The van der Waals surface area contributed by atoms with E-state index in [0.29, 0.717) is 31.0 Å². The number of carbonyl (C=O) groups is 3. The molecule has 8 heteroatoms. The maximum Gasteiger partial charge on any atom is 0.268 e. The minimum Gasteiger partial charge on any atom is -0.355 e. The first-order valence-corrected chi connectivity index (χ1v) is 9.35. The van der Waals surface area contributed by atoms with E-state index in [0.717, 1.165) is 0 Å². The van der Waals surface area contributed by atoms with Crippen LogP contribution >= 0.6 is 11.8 Å². The molecule has 0 radical (unpaired) electrons. The zero-order chi connectivity index (χ0) is 17.7. The number of rotatable bonds is 6. The van der Waals surface area contributed by atoms with Gasteiger partial charge in [-0.3, -0.25) is 14.4 Å². The Balaban J connectivity index is 2.07. The fourth-order valence-electron chi connectivity index (χ4n) is 2.92. The first-order valence-electron chi connectivity index (χ1n) is 7.96. The van der Waals surface area contributed by atoms with Crippen LogP contribution in [-0.4, -0.2) is 64.4 Å². The van der Waals surface area contributed by atoms with Crippen LogP contribution < -0.4 is 10.6 Å². The Morgan fingerprint density at radius 2 is 2.12 bits per heavy atom. The normalized spacial score (nSPS) is 20.0. The number of nitrogens with one attached hydrogen (secondary N) is 2. The molecule has 1 fully saturated rings. The molecule has 0 unspecified atom stereocenters. The summed E-state index contributed by atoms with van der Waals surface area (Å²) in [7, 11) is 1.80. The lowest BCUT2D eigenvalue weighted by Crippen LogP contribution is -2.46. The van der Waals surface area contributed by atoms with Crippen LogP contribution in [0.1, 0.15) is 23.8 Å². The topological polar surface area (TPSA) is 83.4 Å². The minimum atomic E-state index is -0.525. The Morgan fingerprint density at radius 1 is 1.38 bits per heavy atom. The molecule has 1 aromatic rings. The summed E-state index contributed by atoms with van der Waals surface area (Å²) < 4.78 is 1.74. The first kappa shape index (κ1) is 18.4. The molecule has 2 N–H and O–H groups in total. The zero-order valence-corrected chi connectivity index (χ0v) is 15.1. The number of nitrogens with zero attached hydrogens (tertiary/aromatic N) is 2. The fraction of sp³-hybridized carbons (Fsp3) is 0.562. The number of thioether (sulfide) groups is 1. The first-order chi connectivity index (χ1) is 11.5. The predicted octanol–water partition coefficient (Wildman–Crippen LogP) is 0.224. The van der Waals surface area contributed by atoms with Crippen molar-refractivity contribution in [3.63, 3.8) is 0 Å². The number of hydrogen-bond donors (Lipinski definition) is 2. The van der Waals surface area contributed by atoms with E-state index in [4.69, 9.17) is 0 Å². The van der Waals surface area contributed by atoms with Crippen molar-refractivity contribution in [2.24, 2.45) is 7.05 Å². The highest BCUT2D eigenvalue weighted by molar-refractivity contribution is 7.99. The Bertz CT molecular complexity index is 590. The molecule has 0 aliphatic carbocycles. The van der Waals surface area contributed by atoms with E-state index in [2.05, 4.69) is 10.6 Å². The Morgan fingerprint density at radius 3 is 2.71 bits per heavy atom. The van der Waals surface area contributed by atoms with Crippen LogP contribution in [0.5, 0.6) is 0 Å². The third-order valence-electron chi connectivity index (χ3n) is 4.05. The molecule has 3 amide bonds. The van der Waals surface area contributed by atoms with Gasteiger partial charge < -0.3 is 20.1 Å². The van der Waals surface area contributed by atoms with Crippen LogP contribution in [0.2, 0.25) is 0 Å². The summed E-state index contributed by atoms with van der Waals surface area (Å²) in [5.74, 6) is -0.104. The molecule has 7 nitrogen and oxygen atoms in total. The number of hydrogen-bond acceptors (Lipinski definition) is 4. The molecular formula is C16H24N4O3S. The van der Waals surface area contributed by atoms with Crippen LogP contribution in [-0.2, 0) is 16.6 Å². The van der Waals surface area contributed by atoms with Gasteiger partial charge in [-0.15, -0.1) is 0 Å². The summed E-state index contributed by atoms with van der Waals surface area (Å²) in [6.07, 6.45) is 4.08. The van der Waals surface area contributed by atoms with Crippen LogP contribution in [0.15, 0.2) is 18.3 Å². The Hall–Kier alpha value is -1.96. The molecule has 2 rings (SSSR count). The second-order valence-electron chi connectivity index (χ2n) is 5.80. The molecule has 0 bridgehead atoms. The molecule has 2 heterocycles. The molecular weight excluding hydrogens is 328 g/mol. The maximum absolute atomic E-state index is 12.3. The third-order valence-corrected chi connectivity index (χ3v) is 4.59. The number of aryl methyl sites for hydroxylation is 1. The van der Waals surface area contributed by atoms with Crippen molar-refractivity contribution in [1.29, 1.82) is 0 Å². The van der Waals surface area contributed by atoms with Gasteiger partial charge >= 0.3 is 0 Å². The monoisotopic (exact) mass is 352 g/mol. The quantitative estimate of drug-likeness (QED) is 0.767. The lowest BCUT2D eigenvalue weighted by atomic mass is 10.1. The number of carbonyl (C=O) groups excluding carboxylic acids is 3. The molecule has 2 atom stereocenters. The van der Waals surface area contributed by atoms with Crippen LogP contribution in [0.25, 0.3) is 0 Å². The van der Waals surface area contributed by atoms with Gasteiger partial charge in [0.2, 0.25) is 11.8 Å². The molecule has 1 aliphatic rings. The number of likely N-dealkylation sites (N-methyl/N-ethyl adjacent to an activating group) is 1. The van der Waals surface area contributed by atoms with Gasteiger partial charge in [0.1, 0.15) is 11.7 Å². The van der Waals surface area contributed by atoms with Gasteiger partial charge in [-0.1, -0.05) is 0 Å². The number of amides is 3. The standard InChI is InChI=1S/C16H24N4O3S/c1-4-17-15(22)13-8-11(9-20(13)14(21)10-24-3)18-16(23)12-6-5-7-19(12)2/h5-7,11,13H,4,8-10H2,1-3H3,(H,17,22)(H,18,23)/t11-,13-/m0/s1. The third kappa shape index (κ3) is 4.11. The summed E-state index contributed by atoms with van der Waals surface area (Å²) in [4.78, 5) is 38.5. The largest absolute Gasteiger partial charge is 0.355 e. The van der Waals surface area contributed by atoms with Crippen LogP contribution in [0.4, 0.5) is 0 Å². The van der Waals surface area contributed by atoms with Crippen molar-refractivity contribution < 1.29 is 14.4 Å². The molecule has 132 valence electrons. The van der Waals surface area contributed by atoms with Crippen LogP contribution in [0, 0.1) is 0 Å². The van der Waals surface area contributed by atoms with Gasteiger partial charge in [0.05, 0.1) is 5.75 Å². The second-order valence-corrected chi connectivity index (χ2v) is 6.67. The summed E-state index contributed by atoms with van der Waals surface area (Å²) >= 11 is 1.43. The smallest absolute Gasteiger partial charge is 0.268 e. The van der Waals surface area contributed by atoms with E-state index < -0.39 is 6.04 Å². The summed E-state index contributed by atoms with van der Waals surface area (Å²) in [6, 6.07) is 2.78. The average molecular weight is 352 g/mol. The molecule has 1 saturated heterocycles. The fourth-order valence-corrected chi connectivity index (χ4v) is 3.33. The molecule has 0 saturated carbocycles. The average Bonchev–Trinajstić information content (AvgIpc) is 3.14. The van der Waals surface area contributed by atoms with E-state index in [9.17, 15) is 14.4 Å². The van der Waals surface area contributed by atoms with Crippen molar-refractivity contribution in [1.82, 2.24) is 20.1 Å². The minimum absolute atomic E-state index is 0.0747. The summed E-state index contributed by atoms with van der Waals surface area (Å²) in [5, 5.41) is 5.70. The van der Waals surface area contributed by atoms with E-state index >= 15 is 0 Å². The van der Waals surface area contributed by atoms with E-state index in [1.54, 1.807) is 34.8 Å². The molecule has 1 aliphatic heterocycles. The van der Waals surface area contributed by atoms with Crippen LogP contribution in [0.3, 0.4) is 0 Å². The highest BCUT2D eigenvalue weighted by atomic mass is 32.2.